The molecular weight excluding hydrogens is 322 g/mol. The van der Waals surface area contributed by atoms with Gasteiger partial charge in [-0.3, -0.25) is 4.79 Å². The zero-order valence-corrected chi connectivity index (χ0v) is 15.2. The second kappa shape index (κ2) is 8.34. The molecule has 0 radical (unpaired) electrons. The summed E-state index contributed by atoms with van der Waals surface area (Å²) in [4.78, 5) is 12.4. The number of anilines is 1. The summed E-state index contributed by atoms with van der Waals surface area (Å²) >= 11 is 0. The second-order valence-electron chi connectivity index (χ2n) is 6.26. The number of carbonyl (C=O) groups is 1. The summed E-state index contributed by atoms with van der Waals surface area (Å²) in [6, 6.07) is 24.0. The fourth-order valence-electron chi connectivity index (χ4n) is 3.03. The van der Waals surface area contributed by atoms with Crippen LogP contribution < -0.4 is 10.1 Å². The molecule has 3 rings (SSSR count). The number of hydrogen-bond acceptors (Lipinski definition) is 2. The molecule has 0 spiro atoms. The van der Waals surface area contributed by atoms with Crippen molar-refractivity contribution < 1.29 is 9.53 Å². The Morgan fingerprint density at radius 1 is 0.962 bits per heavy atom. The molecule has 3 aromatic rings. The summed E-state index contributed by atoms with van der Waals surface area (Å²) < 4.78 is 5.28. The maximum Gasteiger partial charge on any atom is 0.224 e. The summed E-state index contributed by atoms with van der Waals surface area (Å²) in [5.41, 5.74) is 5.18. The highest BCUT2D eigenvalue weighted by Gasteiger charge is 2.09. The lowest BCUT2D eigenvalue weighted by Crippen LogP contribution is -2.13. The standard InChI is InChI=1S/C23H23NO2/c1-17-16-18(12-14-22(17)26-2)13-15-23(25)24-21-11-7-6-10-20(21)19-8-4-3-5-9-19/h3-12,14,16H,13,15H2,1-2H3,(H,24,25). The van der Waals surface area contributed by atoms with Crippen LogP contribution in [0.5, 0.6) is 5.75 Å². The van der Waals surface area contributed by atoms with Crippen molar-refractivity contribution in [1.29, 1.82) is 0 Å². The zero-order chi connectivity index (χ0) is 18.4. The first kappa shape index (κ1) is 17.7. The van der Waals surface area contributed by atoms with Gasteiger partial charge in [0.1, 0.15) is 5.75 Å². The molecule has 0 heterocycles. The van der Waals surface area contributed by atoms with Crippen LogP contribution in [0.3, 0.4) is 0 Å². The van der Waals surface area contributed by atoms with Crippen LogP contribution in [0.4, 0.5) is 5.69 Å². The molecule has 0 aliphatic carbocycles. The number of amides is 1. The molecule has 0 saturated heterocycles. The Bertz CT molecular complexity index is 888. The molecule has 0 fully saturated rings. The number of para-hydroxylation sites is 1. The molecule has 0 aliphatic rings. The van der Waals surface area contributed by atoms with Crippen LogP contribution in [0.1, 0.15) is 17.5 Å². The van der Waals surface area contributed by atoms with Gasteiger partial charge < -0.3 is 10.1 Å². The van der Waals surface area contributed by atoms with E-state index in [9.17, 15) is 4.79 Å². The van der Waals surface area contributed by atoms with E-state index in [1.54, 1.807) is 7.11 Å². The van der Waals surface area contributed by atoms with Crippen molar-refractivity contribution in [1.82, 2.24) is 0 Å². The molecular formula is C23H23NO2. The highest BCUT2D eigenvalue weighted by Crippen LogP contribution is 2.27. The van der Waals surface area contributed by atoms with E-state index in [-0.39, 0.29) is 5.91 Å². The Morgan fingerprint density at radius 2 is 1.69 bits per heavy atom. The number of benzene rings is 3. The summed E-state index contributed by atoms with van der Waals surface area (Å²) in [7, 11) is 1.67. The Hall–Kier alpha value is -3.07. The molecule has 132 valence electrons. The Kier molecular flexibility index (Phi) is 5.69. The maximum atomic E-state index is 12.4. The molecule has 0 saturated carbocycles. The van der Waals surface area contributed by atoms with E-state index in [1.807, 2.05) is 73.7 Å². The summed E-state index contributed by atoms with van der Waals surface area (Å²) in [5, 5.41) is 3.05. The summed E-state index contributed by atoms with van der Waals surface area (Å²) in [5.74, 6) is 0.886. The van der Waals surface area contributed by atoms with E-state index in [0.29, 0.717) is 12.8 Å². The average Bonchev–Trinajstić information content (AvgIpc) is 2.67. The number of rotatable bonds is 6. The smallest absolute Gasteiger partial charge is 0.224 e. The van der Waals surface area contributed by atoms with Crippen LogP contribution in [0.25, 0.3) is 11.1 Å². The van der Waals surface area contributed by atoms with Crippen LogP contribution in [-0.4, -0.2) is 13.0 Å². The van der Waals surface area contributed by atoms with E-state index >= 15 is 0 Å². The van der Waals surface area contributed by atoms with Crippen LogP contribution in [0.15, 0.2) is 72.8 Å². The van der Waals surface area contributed by atoms with Gasteiger partial charge in [-0.1, -0.05) is 60.7 Å². The van der Waals surface area contributed by atoms with Crippen LogP contribution in [0.2, 0.25) is 0 Å². The molecule has 3 nitrogen and oxygen atoms in total. The van der Waals surface area contributed by atoms with Crippen molar-refractivity contribution in [2.24, 2.45) is 0 Å². The van der Waals surface area contributed by atoms with Crippen molar-refractivity contribution in [3.05, 3.63) is 83.9 Å². The van der Waals surface area contributed by atoms with Gasteiger partial charge >= 0.3 is 0 Å². The van der Waals surface area contributed by atoms with Crippen molar-refractivity contribution >= 4 is 11.6 Å². The fourth-order valence-corrected chi connectivity index (χ4v) is 3.03. The zero-order valence-electron chi connectivity index (χ0n) is 15.2. The predicted octanol–water partition coefficient (Wildman–Crippen LogP) is 5.24. The highest BCUT2D eigenvalue weighted by molar-refractivity contribution is 5.95. The van der Waals surface area contributed by atoms with Crippen LogP contribution in [-0.2, 0) is 11.2 Å². The van der Waals surface area contributed by atoms with Crippen molar-refractivity contribution in [2.75, 3.05) is 12.4 Å². The van der Waals surface area contributed by atoms with Crippen LogP contribution in [0, 0.1) is 6.92 Å². The van der Waals surface area contributed by atoms with Gasteiger partial charge in [0.2, 0.25) is 5.91 Å². The molecule has 0 unspecified atom stereocenters. The lowest BCUT2D eigenvalue weighted by Gasteiger charge is -2.12. The average molecular weight is 345 g/mol. The number of nitrogens with one attached hydrogen (secondary N) is 1. The molecule has 0 aliphatic heterocycles. The van der Waals surface area contributed by atoms with Gasteiger partial charge in [-0.05, 0) is 42.2 Å². The van der Waals surface area contributed by atoms with E-state index in [4.69, 9.17) is 4.74 Å². The number of carbonyl (C=O) groups excluding carboxylic acids is 1. The normalized spacial score (nSPS) is 10.4. The molecule has 26 heavy (non-hydrogen) atoms. The Morgan fingerprint density at radius 3 is 2.42 bits per heavy atom. The first-order valence-electron chi connectivity index (χ1n) is 8.75. The van der Waals surface area contributed by atoms with E-state index < -0.39 is 0 Å². The lowest BCUT2D eigenvalue weighted by atomic mass is 10.0. The van der Waals surface area contributed by atoms with Crippen molar-refractivity contribution in [3.8, 4) is 16.9 Å². The minimum absolute atomic E-state index is 0.0156. The molecule has 3 aromatic carbocycles. The van der Waals surface area contributed by atoms with Gasteiger partial charge in [0.25, 0.3) is 0 Å². The Balaban J connectivity index is 1.67. The van der Waals surface area contributed by atoms with Crippen molar-refractivity contribution in [3.63, 3.8) is 0 Å². The Labute approximate surface area is 154 Å². The first-order valence-corrected chi connectivity index (χ1v) is 8.75. The van der Waals surface area contributed by atoms with E-state index in [2.05, 4.69) is 11.4 Å². The third-order valence-corrected chi connectivity index (χ3v) is 4.39. The van der Waals surface area contributed by atoms with E-state index in [0.717, 1.165) is 33.7 Å². The van der Waals surface area contributed by atoms with Crippen LogP contribution >= 0.6 is 0 Å². The monoisotopic (exact) mass is 345 g/mol. The largest absolute Gasteiger partial charge is 0.496 e. The van der Waals surface area contributed by atoms with E-state index in [1.165, 1.54) is 0 Å². The quantitative estimate of drug-likeness (QED) is 0.663. The highest BCUT2D eigenvalue weighted by atomic mass is 16.5. The molecule has 0 aromatic heterocycles. The predicted molar refractivity (Wildman–Crippen MR) is 107 cm³/mol. The summed E-state index contributed by atoms with van der Waals surface area (Å²) in [6.45, 7) is 2.01. The van der Waals surface area contributed by atoms with Gasteiger partial charge in [-0.15, -0.1) is 0 Å². The third-order valence-electron chi connectivity index (χ3n) is 4.39. The third kappa shape index (κ3) is 4.31. The lowest BCUT2D eigenvalue weighted by molar-refractivity contribution is -0.116. The summed E-state index contributed by atoms with van der Waals surface area (Å²) in [6.07, 6.45) is 1.14. The van der Waals surface area contributed by atoms with Gasteiger partial charge in [-0.2, -0.15) is 0 Å². The first-order chi connectivity index (χ1) is 12.7. The SMILES string of the molecule is COc1ccc(CCC(=O)Nc2ccccc2-c2ccccc2)cc1C. The number of methoxy groups -OCH3 is 1. The van der Waals surface area contributed by atoms with Gasteiger partial charge in [0.15, 0.2) is 0 Å². The number of aryl methyl sites for hydroxylation is 2. The molecule has 1 amide bonds. The van der Waals surface area contributed by atoms with Gasteiger partial charge in [0, 0.05) is 17.7 Å². The number of hydrogen-bond donors (Lipinski definition) is 1. The minimum atomic E-state index is 0.0156. The topological polar surface area (TPSA) is 38.3 Å². The van der Waals surface area contributed by atoms with Crippen molar-refractivity contribution in [2.45, 2.75) is 19.8 Å². The molecule has 0 atom stereocenters. The van der Waals surface area contributed by atoms with Gasteiger partial charge in [-0.25, -0.2) is 0 Å². The van der Waals surface area contributed by atoms with Gasteiger partial charge in [0.05, 0.1) is 7.11 Å². The second-order valence-corrected chi connectivity index (χ2v) is 6.26. The minimum Gasteiger partial charge on any atom is -0.496 e. The number of ether oxygens (including phenoxy) is 1. The molecule has 3 heteroatoms. The maximum absolute atomic E-state index is 12.4. The fraction of sp³-hybridized carbons (Fsp3) is 0.174. The molecule has 0 bridgehead atoms. The molecule has 1 N–H and O–H groups in total.